The number of nitro groups is 1. The minimum Gasteiger partial charge on any atom is -0.493 e. The SMILES string of the molecule is COc1cc(/C=C2\SC(=S)N(c3cccc([N+](=O)[O-])c3)C2=O)ccc1OCC(=O)Nc1cccc(C)c1. The minimum absolute atomic E-state index is 0.136. The molecule has 0 aromatic heterocycles. The molecular formula is C26H21N3O6S2. The van der Waals surface area contributed by atoms with Gasteiger partial charge in [-0.3, -0.25) is 24.6 Å². The standard InChI is InChI=1S/C26H21N3O6S2/c1-16-5-3-6-18(11-16)27-24(30)15-35-21-10-9-17(12-22(21)34-2)13-23-25(31)28(26(36)37-23)19-7-4-8-20(14-19)29(32)33/h3-14H,15H2,1-2H3,(H,27,30)/b23-13-. The summed E-state index contributed by atoms with van der Waals surface area (Å²) in [5.74, 6) is 0.0404. The summed E-state index contributed by atoms with van der Waals surface area (Å²) in [6, 6.07) is 18.2. The van der Waals surface area contributed by atoms with Crippen LogP contribution in [0.4, 0.5) is 17.1 Å². The third-order valence-electron chi connectivity index (χ3n) is 5.24. The van der Waals surface area contributed by atoms with Gasteiger partial charge in [-0.2, -0.15) is 0 Å². The molecule has 2 amide bonds. The van der Waals surface area contributed by atoms with Crippen LogP contribution in [0.2, 0.25) is 0 Å². The first kappa shape index (κ1) is 25.9. The van der Waals surface area contributed by atoms with E-state index in [1.54, 1.807) is 36.4 Å². The number of thioether (sulfide) groups is 1. The normalized spacial score (nSPS) is 14.1. The first-order valence-corrected chi connectivity index (χ1v) is 12.2. The molecule has 0 spiro atoms. The van der Waals surface area contributed by atoms with Gasteiger partial charge in [-0.1, -0.05) is 48.2 Å². The number of thiocarbonyl (C=S) groups is 1. The lowest BCUT2D eigenvalue weighted by atomic mass is 10.1. The molecule has 0 radical (unpaired) electrons. The van der Waals surface area contributed by atoms with Crippen molar-refractivity contribution < 1.29 is 24.0 Å². The molecule has 1 fully saturated rings. The topological polar surface area (TPSA) is 111 Å². The maximum Gasteiger partial charge on any atom is 0.271 e. The molecule has 3 aromatic rings. The van der Waals surface area contributed by atoms with Crippen molar-refractivity contribution in [3.8, 4) is 11.5 Å². The minimum atomic E-state index is -0.529. The predicted molar refractivity (Wildman–Crippen MR) is 147 cm³/mol. The highest BCUT2D eigenvalue weighted by Crippen LogP contribution is 2.38. The van der Waals surface area contributed by atoms with Gasteiger partial charge in [-0.15, -0.1) is 0 Å². The number of non-ortho nitro benzene ring substituents is 1. The van der Waals surface area contributed by atoms with Crippen LogP contribution in [0.1, 0.15) is 11.1 Å². The molecule has 1 aliphatic rings. The monoisotopic (exact) mass is 535 g/mol. The Hall–Kier alpha value is -4.22. The van der Waals surface area contributed by atoms with E-state index in [2.05, 4.69) is 5.32 Å². The fourth-order valence-corrected chi connectivity index (χ4v) is 4.84. The summed E-state index contributed by atoms with van der Waals surface area (Å²) in [4.78, 5) is 37.5. The van der Waals surface area contributed by atoms with Crippen LogP contribution < -0.4 is 19.7 Å². The van der Waals surface area contributed by atoms with Crippen molar-refractivity contribution in [2.45, 2.75) is 6.92 Å². The van der Waals surface area contributed by atoms with E-state index in [0.29, 0.717) is 33.3 Å². The number of anilines is 2. The highest BCUT2D eigenvalue weighted by atomic mass is 32.2. The van der Waals surface area contributed by atoms with Gasteiger partial charge in [0.1, 0.15) is 0 Å². The fourth-order valence-electron chi connectivity index (χ4n) is 3.54. The number of amides is 2. The van der Waals surface area contributed by atoms with Crippen LogP contribution in [0.25, 0.3) is 6.08 Å². The molecule has 1 saturated heterocycles. The van der Waals surface area contributed by atoms with Crippen molar-refractivity contribution in [2.24, 2.45) is 0 Å². The van der Waals surface area contributed by atoms with Gasteiger partial charge in [0, 0.05) is 17.8 Å². The summed E-state index contributed by atoms with van der Waals surface area (Å²) in [7, 11) is 1.47. The Balaban J connectivity index is 1.47. The number of nitrogens with one attached hydrogen (secondary N) is 1. The average Bonchev–Trinajstić information content (AvgIpc) is 3.15. The molecule has 3 aromatic carbocycles. The zero-order valence-corrected chi connectivity index (χ0v) is 21.4. The van der Waals surface area contributed by atoms with Crippen molar-refractivity contribution in [2.75, 3.05) is 23.9 Å². The van der Waals surface area contributed by atoms with Crippen LogP contribution in [0.3, 0.4) is 0 Å². The number of ether oxygens (including phenoxy) is 2. The van der Waals surface area contributed by atoms with E-state index in [1.165, 1.54) is 30.2 Å². The van der Waals surface area contributed by atoms with Gasteiger partial charge in [-0.25, -0.2) is 0 Å². The Bertz CT molecular complexity index is 1440. The number of aryl methyl sites for hydroxylation is 1. The highest BCUT2D eigenvalue weighted by molar-refractivity contribution is 8.27. The number of hydrogen-bond acceptors (Lipinski definition) is 8. The van der Waals surface area contributed by atoms with Gasteiger partial charge in [0.15, 0.2) is 22.4 Å². The second kappa shape index (κ2) is 11.2. The van der Waals surface area contributed by atoms with Crippen LogP contribution in [-0.4, -0.2) is 34.8 Å². The van der Waals surface area contributed by atoms with Crippen LogP contribution in [-0.2, 0) is 9.59 Å². The smallest absolute Gasteiger partial charge is 0.271 e. The Morgan fingerprint density at radius 1 is 1.14 bits per heavy atom. The number of nitrogens with zero attached hydrogens (tertiary/aromatic N) is 2. The number of carbonyl (C=O) groups excluding carboxylic acids is 2. The Morgan fingerprint density at radius 3 is 2.65 bits per heavy atom. The molecule has 9 nitrogen and oxygen atoms in total. The number of benzene rings is 3. The summed E-state index contributed by atoms with van der Waals surface area (Å²) in [5.41, 5.74) is 2.54. The molecule has 0 unspecified atom stereocenters. The molecule has 1 N–H and O–H groups in total. The van der Waals surface area contributed by atoms with Gasteiger partial charge >= 0.3 is 0 Å². The summed E-state index contributed by atoms with van der Waals surface area (Å²) < 4.78 is 11.3. The molecule has 0 bridgehead atoms. The quantitative estimate of drug-likeness (QED) is 0.178. The number of hydrogen-bond donors (Lipinski definition) is 1. The third kappa shape index (κ3) is 6.13. The zero-order valence-electron chi connectivity index (χ0n) is 19.8. The van der Waals surface area contributed by atoms with E-state index in [1.807, 2.05) is 25.1 Å². The number of carbonyl (C=O) groups is 2. The van der Waals surface area contributed by atoms with E-state index >= 15 is 0 Å². The molecule has 0 atom stereocenters. The second-order valence-corrected chi connectivity index (χ2v) is 9.59. The van der Waals surface area contributed by atoms with Crippen molar-refractivity contribution >= 4 is 63.3 Å². The van der Waals surface area contributed by atoms with Gasteiger partial charge < -0.3 is 14.8 Å². The number of rotatable bonds is 8. The predicted octanol–water partition coefficient (Wildman–Crippen LogP) is 5.34. The van der Waals surface area contributed by atoms with E-state index in [0.717, 1.165) is 17.3 Å². The molecule has 11 heteroatoms. The van der Waals surface area contributed by atoms with Crippen molar-refractivity contribution in [1.82, 2.24) is 0 Å². The first-order valence-electron chi connectivity index (χ1n) is 10.9. The number of methoxy groups -OCH3 is 1. The van der Waals surface area contributed by atoms with Crippen LogP contribution >= 0.6 is 24.0 Å². The van der Waals surface area contributed by atoms with Crippen LogP contribution in [0.5, 0.6) is 11.5 Å². The summed E-state index contributed by atoms with van der Waals surface area (Å²) in [6.45, 7) is 1.72. The molecule has 1 aliphatic heterocycles. The fraction of sp³-hybridized carbons (Fsp3) is 0.115. The Morgan fingerprint density at radius 2 is 1.92 bits per heavy atom. The number of nitro benzene ring substituents is 1. The summed E-state index contributed by atoms with van der Waals surface area (Å²) in [6.07, 6.45) is 1.65. The van der Waals surface area contributed by atoms with Gasteiger partial charge in [-0.05, 0) is 54.5 Å². The molecule has 1 heterocycles. The molecule has 0 saturated carbocycles. The van der Waals surface area contributed by atoms with Gasteiger partial charge in [0.05, 0.1) is 22.6 Å². The lowest BCUT2D eigenvalue weighted by molar-refractivity contribution is -0.384. The summed E-state index contributed by atoms with van der Waals surface area (Å²) >= 11 is 6.45. The van der Waals surface area contributed by atoms with E-state index < -0.39 is 4.92 Å². The molecular weight excluding hydrogens is 514 g/mol. The van der Waals surface area contributed by atoms with Gasteiger partial charge in [0.2, 0.25) is 0 Å². The molecule has 4 rings (SSSR count). The molecule has 0 aliphatic carbocycles. The lowest BCUT2D eigenvalue weighted by Gasteiger charge is -2.14. The Kier molecular flexibility index (Phi) is 7.85. The summed E-state index contributed by atoms with van der Waals surface area (Å²) in [5, 5.41) is 13.9. The Labute approximate surface area is 222 Å². The zero-order chi connectivity index (χ0) is 26.5. The van der Waals surface area contributed by atoms with E-state index in [-0.39, 0.29) is 28.4 Å². The van der Waals surface area contributed by atoms with Crippen LogP contribution in [0, 0.1) is 17.0 Å². The van der Waals surface area contributed by atoms with Crippen molar-refractivity contribution in [3.05, 3.63) is 92.9 Å². The maximum absolute atomic E-state index is 13.1. The third-order valence-corrected chi connectivity index (χ3v) is 6.54. The highest BCUT2D eigenvalue weighted by Gasteiger charge is 2.34. The van der Waals surface area contributed by atoms with Crippen LogP contribution in [0.15, 0.2) is 71.6 Å². The lowest BCUT2D eigenvalue weighted by Crippen LogP contribution is -2.27. The maximum atomic E-state index is 13.1. The van der Waals surface area contributed by atoms with Crippen molar-refractivity contribution in [3.63, 3.8) is 0 Å². The second-order valence-electron chi connectivity index (χ2n) is 7.91. The first-order chi connectivity index (χ1) is 17.7. The average molecular weight is 536 g/mol. The van der Waals surface area contributed by atoms with Crippen molar-refractivity contribution in [1.29, 1.82) is 0 Å². The molecule has 37 heavy (non-hydrogen) atoms. The largest absolute Gasteiger partial charge is 0.493 e. The van der Waals surface area contributed by atoms with E-state index in [4.69, 9.17) is 21.7 Å². The molecule has 188 valence electrons. The van der Waals surface area contributed by atoms with Gasteiger partial charge in [0.25, 0.3) is 17.5 Å². The van der Waals surface area contributed by atoms with E-state index in [9.17, 15) is 19.7 Å².